The van der Waals surface area contributed by atoms with Gasteiger partial charge in [0.2, 0.25) is 5.91 Å². The molecule has 2 N–H and O–H groups in total. The Bertz CT molecular complexity index is 443. The topological polar surface area (TPSA) is 50.4 Å². The molecule has 1 amide bonds. The van der Waals surface area contributed by atoms with Gasteiger partial charge >= 0.3 is 0 Å². The van der Waals surface area contributed by atoms with Gasteiger partial charge < -0.3 is 15.4 Å². The van der Waals surface area contributed by atoms with Gasteiger partial charge in [-0.2, -0.15) is 0 Å². The number of benzene rings is 1. The van der Waals surface area contributed by atoms with Crippen LogP contribution in [-0.2, 0) is 4.79 Å². The molecule has 1 aromatic rings. The third-order valence-corrected chi connectivity index (χ3v) is 2.79. The van der Waals surface area contributed by atoms with Crippen molar-refractivity contribution in [3.8, 4) is 5.75 Å². The molecule has 0 radical (unpaired) electrons. The van der Waals surface area contributed by atoms with E-state index in [9.17, 15) is 4.79 Å². The fourth-order valence-corrected chi connectivity index (χ4v) is 1.85. The number of rotatable bonds is 3. The largest absolute Gasteiger partial charge is 0.497 e. The molecule has 2 rings (SSSR count). The molecule has 1 aliphatic rings. The summed E-state index contributed by atoms with van der Waals surface area (Å²) < 4.78 is 5.16. The molecule has 1 saturated heterocycles. The van der Waals surface area contributed by atoms with Crippen LogP contribution in [0.25, 0.3) is 0 Å². The number of hydrogen-bond acceptors (Lipinski definition) is 3. The molecule has 0 aromatic heterocycles. The number of carbonyl (C=O) groups is 1. The van der Waals surface area contributed by atoms with Gasteiger partial charge in [0.05, 0.1) is 13.2 Å². The third-order valence-electron chi connectivity index (χ3n) is 2.79. The van der Waals surface area contributed by atoms with Crippen LogP contribution in [0.1, 0.15) is 12.8 Å². The van der Waals surface area contributed by atoms with Gasteiger partial charge in [0.15, 0.2) is 0 Å². The zero-order chi connectivity index (χ0) is 12.3. The molecule has 1 fully saturated rings. The van der Waals surface area contributed by atoms with E-state index in [1.807, 2.05) is 24.3 Å². The smallest absolute Gasteiger partial charge is 0.224 e. The quantitative estimate of drug-likeness (QED) is 0.836. The lowest BCUT2D eigenvalue weighted by Crippen LogP contribution is -2.39. The number of methoxy groups -OCH3 is 1. The number of nitrogens with one attached hydrogen (secondary N) is 2. The van der Waals surface area contributed by atoms with Gasteiger partial charge in [0.1, 0.15) is 5.75 Å². The summed E-state index contributed by atoms with van der Waals surface area (Å²) in [6, 6.07) is 7.78. The Hall–Kier alpha value is -1.97. The molecule has 17 heavy (non-hydrogen) atoms. The summed E-state index contributed by atoms with van der Waals surface area (Å²) >= 11 is 0. The van der Waals surface area contributed by atoms with Crippen molar-refractivity contribution < 1.29 is 9.53 Å². The molecule has 1 unspecified atom stereocenters. The number of hydrogen-bond donors (Lipinski definition) is 2. The van der Waals surface area contributed by atoms with Crippen molar-refractivity contribution in [1.82, 2.24) is 5.32 Å². The molecular formula is C13H16N2O2. The van der Waals surface area contributed by atoms with E-state index < -0.39 is 0 Å². The zero-order valence-corrected chi connectivity index (χ0v) is 9.82. The highest BCUT2D eigenvalue weighted by molar-refractivity contribution is 5.79. The number of ether oxygens (including phenoxy) is 1. The van der Waals surface area contributed by atoms with E-state index in [2.05, 4.69) is 17.2 Å². The van der Waals surface area contributed by atoms with Crippen molar-refractivity contribution in [1.29, 1.82) is 0 Å². The maximum atomic E-state index is 11.2. The minimum atomic E-state index is 0.0405. The average Bonchev–Trinajstić information content (AvgIpc) is 2.33. The van der Waals surface area contributed by atoms with E-state index in [0.29, 0.717) is 6.42 Å². The van der Waals surface area contributed by atoms with Crippen LogP contribution in [0.4, 0.5) is 5.69 Å². The van der Waals surface area contributed by atoms with E-state index >= 15 is 0 Å². The summed E-state index contributed by atoms with van der Waals surface area (Å²) in [6.45, 7) is 3.86. The first-order valence-corrected chi connectivity index (χ1v) is 5.58. The minimum Gasteiger partial charge on any atom is -0.497 e. The molecule has 1 aliphatic heterocycles. The second-order valence-corrected chi connectivity index (χ2v) is 4.04. The molecule has 90 valence electrons. The summed E-state index contributed by atoms with van der Waals surface area (Å²) in [7, 11) is 1.64. The van der Waals surface area contributed by atoms with Gasteiger partial charge in [-0.3, -0.25) is 4.79 Å². The SMILES string of the molecule is C=C1NC(=O)CCC1Nc1cccc(OC)c1. The van der Waals surface area contributed by atoms with Crippen LogP contribution in [-0.4, -0.2) is 19.1 Å². The van der Waals surface area contributed by atoms with Gasteiger partial charge in [-0.05, 0) is 18.6 Å². The second-order valence-electron chi connectivity index (χ2n) is 4.04. The van der Waals surface area contributed by atoms with Crippen molar-refractivity contribution >= 4 is 11.6 Å². The standard InChI is InChI=1S/C13H16N2O2/c1-9-12(6-7-13(16)14-9)15-10-4-3-5-11(8-10)17-2/h3-5,8,12,15H,1,6-7H2,2H3,(H,14,16). The maximum Gasteiger partial charge on any atom is 0.224 e. The van der Waals surface area contributed by atoms with Gasteiger partial charge in [0, 0.05) is 23.9 Å². The number of piperidine rings is 1. The normalized spacial score (nSPS) is 19.7. The fraction of sp³-hybridized carbons (Fsp3) is 0.308. The Labute approximate surface area is 101 Å². The molecule has 1 heterocycles. The van der Waals surface area contributed by atoms with Crippen molar-refractivity contribution in [3.63, 3.8) is 0 Å². The number of amides is 1. The molecule has 0 spiro atoms. The molecular weight excluding hydrogens is 216 g/mol. The van der Waals surface area contributed by atoms with Crippen molar-refractivity contribution in [2.75, 3.05) is 12.4 Å². The van der Waals surface area contributed by atoms with E-state index in [-0.39, 0.29) is 11.9 Å². The van der Waals surface area contributed by atoms with Crippen LogP contribution in [0, 0.1) is 0 Å². The van der Waals surface area contributed by atoms with E-state index in [1.165, 1.54) is 0 Å². The fourth-order valence-electron chi connectivity index (χ4n) is 1.85. The monoisotopic (exact) mass is 232 g/mol. The summed E-state index contributed by atoms with van der Waals surface area (Å²) in [5, 5.41) is 6.08. The summed E-state index contributed by atoms with van der Waals surface area (Å²) in [6.07, 6.45) is 1.29. The van der Waals surface area contributed by atoms with Crippen LogP contribution in [0.15, 0.2) is 36.5 Å². The van der Waals surface area contributed by atoms with Gasteiger partial charge in [0.25, 0.3) is 0 Å². The molecule has 4 nitrogen and oxygen atoms in total. The highest BCUT2D eigenvalue weighted by atomic mass is 16.5. The minimum absolute atomic E-state index is 0.0405. The summed E-state index contributed by atoms with van der Waals surface area (Å²) in [5.74, 6) is 0.846. The molecule has 1 aromatic carbocycles. The summed E-state index contributed by atoms with van der Waals surface area (Å²) in [5.41, 5.74) is 1.69. The predicted octanol–water partition coefficient (Wildman–Crippen LogP) is 1.90. The predicted molar refractivity (Wildman–Crippen MR) is 66.9 cm³/mol. The van der Waals surface area contributed by atoms with E-state index in [0.717, 1.165) is 23.6 Å². The van der Waals surface area contributed by atoms with Crippen LogP contribution in [0.5, 0.6) is 5.75 Å². The van der Waals surface area contributed by atoms with Crippen LogP contribution < -0.4 is 15.4 Å². The lowest BCUT2D eigenvalue weighted by Gasteiger charge is -2.26. The number of anilines is 1. The average molecular weight is 232 g/mol. The Morgan fingerprint density at radius 2 is 2.35 bits per heavy atom. The highest BCUT2D eigenvalue weighted by Crippen LogP contribution is 2.21. The van der Waals surface area contributed by atoms with Crippen LogP contribution in [0.3, 0.4) is 0 Å². The van der Waals surface area contributed by atoms with Crippen molar-refractivity contribution in [3.05, 3.63) is 36.5 Å². The number of carbonyl (C=O) groups excluding carboxylic acids is 1. The first-order chi connectivity index (χ1) is 8.19. The molecule has 0 bridgehead atoms. The highest BCUT2D eigenvalue weighted by Gasteiger charge is 2.21. The van der Waals surface area contributed by atoms with E-state index in [4.69, 9.17) is 4.74 Å². The van der Waals surface area contributed by atoms with Crippen LogP contribution >= 0.6 is 0 Å². The van der Waals surface area contributed by atoms with Gasteiger partial charge in [-0.1, -0.05) is 12.6 Å². The lowest BCUT2D eigenvalue weighted by atomic mass is 10.0. The van der Waals surface area contributed by atoms with Gasteiger partial charge in [-0.15, -0.1) is 0 Å². The van der Waals surface area contributed by atoms with Crippen molar-refractivity contribution in [2.24, 2.45) is 0 Å². The van der Waals surface area contributed by atoms with Crippen LogP contribution in [0.2, 0.25) is 0 Å². The Balaban J connectivity index is 2.05. The first-order valence-electron chi connectivity index (χ1n) is 5.58. The first kappa shape index (κ1) is 11.5. The van der Waals surface area contributed by atoms with Crippen molar-refractivity contribution in [2.45, 2.75) is 18.9 Å². The third kappa shape index (κ3) is 2.78. The molecule has 0 saturated carbocycles. The molecule has 4 heteroatoms. The van der Waals surface area contributed by atoms with E-state index in [1.54, 1.807) is 7.11 Å². The zero-order valence-electron chi connectivity index (χ0n) is 9.82. The lowest BCUT2D eigenvalue weighted by molar-refractivity contribution is -0.121. The Morgan fingerprint density at radius 3 is 3.06 bits per heavy atom. The van der Waals surface area contributed by atoms with Gasteiger partial charge in [-0.25, -0.2) is 0 Å². The summed E-state index contributed by atoms with van der Waals surface area (Å²) in [4.78, 5) is 11.2. The molecule has 0 aliphatic carbocycles. The Morgan fingerprint density at radius 1 is 1.53 bits per heavy atom. The second kappa shape index (κ2) is 4.91. The maximum absolute atomic E-state index is 11.2. The molecule has 1 atom stereocenters. The Kier molecular flexibility index (Phi) is 3.32.